The second-order valence-corrected chi connectivity index (χ2v) is 4.74. The Bertz CT molecular complexity index is 434. The first-order chi connectivity index (χ1) is 8.55. The Hall–Kier alpha value is -1.62. The molecule has 0 radical (unpaired) electrons. The molecule has 0 aromatic heterocycles. The molecule has 1 heterocycles. The monoisotopic (exact) mass is 253 g/mol. The number of benzene rings is 1. The van der Waals surface area contributed by atoms with Gasteiger partial charge in [0.1, 0.15) is 12.4 Å². The van der Waals surface area contributed by atoms with E-state index in [1.807, 2.05) is 6.92 Å². The molecule has 1 aromatic rings. The van der Waals surface area contributed by atoms with Gasteiger partial charge in [0.05, 0.1) is 5.54 Å². The lowest BCUT2D eigenvalue weighted by molar-refractivity contribution is 0.131. The Kier molecular flexibility index (Phi) is 3.52. The first-order valence-electron chi connectivity index (χ1n) is 5.85. The first kappa shape index (κ1) is 12.8. The van der Waals surface area contributed by atoms with E-state index in [4.69, 9.17) is 9.84 Å². The number of halogens is 1. The van der Waals surface area contributed by atoms with E-state index in [1.54, 1.807) is 17.0 Å². The number of hydrogen-bond donors (Lipinski definition) is 1. The molecule has 18 heavy (non-hydrogen) atoms. The average Bonchev–Trinajstić information content (AvgIpc) is 2.61. The molecule has 1 aliphatic heterocycles. The van der Waals surface area contributed by atoms with Crippen molar-refractivity contribution >= 4 is 6.09 Å². The largest absolute Gasteiger partial charge is 0.447 e. The van der Waals surface area contributed by atoms with Crippen LogP contribution in [0.4, 0.5) is 9.18 Å². The molecular weight excluding hydrogens is 237 g/mol. The van der Waals surface area contributed by atoms with Crippen molar-refractivity contribution in [2.24, 2.45) is 0 Å². The van der Waals surface area contributed by atoms with Gasteiger partial charge in [0.2, 0.25) is 0 Å². The number of amides is 1. The number of rotatable bonds is 4. The molecule has 98 valence electrons. The van der Waals surface area contributed by atoms with Crippen molar-refractivity contribution in [3.63, 3.8) is 0 Å². The summed E-state index contributed by atoms with van der Waals surface area (Å²) in [5.74, 6) is -0.305. The van der Waals surface area contributed by atoms with Gasteiger partial charge in [-0.3, -0.25) is 4.90 Å². The highest BCUT2D eigenvalue weighted by Gasteiger charge is 2.42. The summed E-state index contributed by atoms with van der Waals surface area (Å²) in [6.45, 7) is 2.49. The third kappa shape index (κ3) is 2.46. The third-order valence-corrected chi connectivity index (χ3v) is 3.28. The molecular formula is C13H16FNO3. The number of carbonyl (C=O) groups is 1. The van der Waals surface area contributed by atoms with Crippen molar-refractivity contribution in [1.82, 2.24) is 4.90 Å². The Labute approximate surface area is 105 Å². The van der Waals surface area contributed by atoms with Crippen molar-refractivity contribution in [1.29, 1.82) is 0 Å². The molecule has 1 unspecified atom stereocenters. The van der Waals surface area contributed by atoms with Crippen LogP contribution in [0.5, 0.6) is 0 Å². The summed E-state index contributed by atoms with van der Waals surface area (Å²) >= 11 is 0. The van der Waals surface area contributed by atoms with E-state index in [-0.39, 0.29) is 19.0 Å². The smallest absolute Gasteiger partial charge is 0.410 e. The van der Waals surface area contributed by atoms with Gasteiger partial charge < -0.3 is 9.84 Å². The standard InChI is InChI=1S/C13H16FNO3/c1-13(6-7-16)9-18-12(17)15(13)8-10-2-4-11(14)5-3-10/h2-5,16H,6-9H2,1H3. The van der Waals surface area contributed by atoms with Crippen LogP contribution in [-0.2, 0) is 11.3 Å². The summed E-state index contributed by atoms with van der Waals surface area (Å²) < 4.78 is 17.8. The van der Waals surface area contributed by atoms with E-state index in [0.717, 1.165) is 5.56 Å². The quantitative estimate of drug-likeness (QED) is 0.891. The maximum Gasteiger partial charge on any atom is 0.410 e. The highest BCUT2D eigenvalue weighted by Crippen LogP contribution is 2.29. The highest BCUT2D eigenvalue weighted by atomic mass is 19.1. The van der Waals surface area contributed by atoms with Gasteiger partial charge in [0.25, 0.3) is 0 Å². The van der Waals surface area contributed by atoms with Crippen molar-refractivity contribution in [3.05, 3.63) is 35.6 Å². The average molecular weight is 253 g/mol. The maximum absolute atomic E-state index is 12.8. The molecule has 1 aromatic carbocycles. The third-order valence-electron chi connectivity index (χ3n) is 3.28. The van der Waals surface area contributed by atoms with Gasteiger partial charge in [-0.1, -0.05) is 12.1 Å². The Morgan fingerprint density at radius 1 is 1.44 bits per heavy atom. The van der Waals surface area contributed by atoms with E-state index in [9.17, 15) is 9.18 Å². The lowest BCUT2D eigenvalue weighted by atomic mass is 9.97. The van der Waals surface area contributed by atoms with Crippen LogP contribution < -0.4 is 0 Å². The fourth-order valence-electron chi connectivity index (χ4n) is 2.07. The van der Waals surface area contributed by atoms with Crippen LogP contribution in [0.25, 0.3) is 0 Å². The zero-order valence-electron chi connectivity index (χ0n) is 10.2. The van der Waals surface area contributed by atoms with Crippen molar-refractivity contribution in [2.45, 2.75) is 25.4 Å². The van der Waals surface area contributed by atoms with Crippen LogP contribution in [0.2, 0.25) is 0 Å². The van der Waals surface area contributed by atoms with Gasteiger partial charge in [-0.2, -0.15) is 0 Å². The fourth-order valence-corrected chi connectivity index (χ4v) is 2.07. The topological polar surface area (TPSA) is 49.8 Å². The molecule has 1 N–H and O–H groups in total. The molecule has 0 bridgehead atoms. The van der Waals surface area contributed by atoms with Gasteiger partial charge in [0, 0.05) is 13.2 Å². The molecule has 1 atom stereocenters. The number of cyclic esters (lactones) is 1. The second kappa shape index (κ2) is 4.94. The van der Waals surface area contributed by atoms with E-state index in [1.165, 1.54) is 12.1 Å². The lowest BCUT2D eigenvalue weighted by Crippen LogP contribution is -2.44. The summed E-state index contributed by atoms with van der Waals surface area (Å²) in [6.07, 6.45) is 0.0650. The van der Waals surface area contributed by atoms with E-state index in [0.29, 0.717) is 13.0 Å². The SMILES string of the molecule is CC1(CCO)COC(=O)N1Cc1ccc(F)cc1. The molecule has 1 aliphatic rings. The van der Waals surface area contributed by atoms with Crippen LogP contribution in [0.1, 0.15) is 18.9 Å². The number of nitrogens with zero attached hydrogens (tertiary/aromatic N) is 1. The van der Waals surface area contributed by atoms with Gasteiger partial charge >= 0.3 is 6.09 Å². The lowest BCUT2D eigenvalue weighted by Gasteiger charge is -2.31. The van der Waals surface area contributed by atoms with Gasteiger partial charge in [-0.15, -0.1) is 0 Å². The normalized spacial score (nSPS) is 23.3. The van der Waals surface area contributed by atoms with Crippen LogP contribution in [-0.4, -0.2) is 34.9 Å². The van der Waals surface area contributed by atoms with Crippen molar-refractivity contribution < 1.29 is 19.0 Å². The van der Waals surface area contributed by atoms with Crippen molar-refractivity contribution in [2.75, 3.05) is 13.2 Å². The number of aliphatic hydroxyl groups is 1. The van der Waals surface area contributed by atoms with Crippen LogP contribution in [0.3, 0.4) is 0 Å². The number of hydrogen-bond acceptors (Lipinski definition) is 3. The minimum atomic E-state index is -0.500. The molecule has 1 amide bonds. The number of carbonyl (C=O) groups excluding carboxylic acids is 1. The number of ether oxygens (including phenoxy) is 1. The summed E-state index contributed by atoms with van der Waals surface area (Å²) in [4.78, 5) is 13.3. The second-order valence-electron chi connectivity index (χ2n) is 4.74. The zero-order chi connectivity index (χ0) is 13.2. The Morgan fingerprint density at radius 3 is 2.72 bits per heavy atom. The van der Waals surface area contributed by atoms with E-state index in [2.05, 4.69) is 0 Å². The zero-order valence-corrected chi connectivity index (χ0v) is 10.2. The van der Waals surface area contributed by atoms with Crippen LogP contribution in [0.15, 0.2) is 24.3 Å². The molecule has 5 heteroatoms. The van der Waals surface area contributed by atoms with Gasteiger partial charge in [0.15, 0.2) is 0 Å². The molecule has 1 saturated heterocycles. The van der Waals surface area contributed by atoms with Gasteiger partial charge in [-0.05, 0) is 31.0 Å². The summed E-state index contributed by atoms with van der Waals surface area (Å²) in [6, 6.07) is 6.00. The summed E-state index contributed by atoms with van der Waals surface area (Å²) in [7, 11) is 0. The molecule has 0 spiro atoms. The fraction of sp³-hybridized carbons (Fsp3) is 0.462. The van der Waals surface area contributed by atoms with E-state index >= 15 is 0 Å². The Morgan fingerprint density at radius 2 is 2.11 bits per heavy atom. The number of aliphatic hydroxyl groups excluding tert-OH is 1. The first-order valence-corrected chi connectivity index (χ1v) is 5.85. The summed E-state index contributed by atoms with van der Waals surface area (Å²) in [5, 5.41) is 9.06. The molecule has 4 nitrogen and oxygen atoms in total. The van der Waals surface area contributed by atoms with Crippen molar-refractivity contribution in [3.8, 4) is 0 Å². The predicted molar refractivity (Wildman–Crippen MR) is 63.4 cm³/mol. The van der Waals surface area contributed by atoms with E-state index < -0.39 is 11.6 Å². The van der Waals surface area contributed by atoms with Crippen LogP contribution in [0, 0.1) is 5.82 Å². The molecule has 1 fully saturated rings. The molecule has 2 rings (SSSR count). The predicted octanol–water partition coefficient (Wildman–Crippen LogP) is 1.92. The minimum Gasteiger partial charge on any atom is -0.447 e. The maximum atomic E-state index is 12.8. The Balaban J connectivity index is 2.15. The highest BCUT2D eigenvalue weighted by molar-refractivity contribution is 5.71. The van der Waals surface area contributed by atoms with Gasteiger partial charge in [-0.25, -0.2) is 9.18 Å². The molecule has 0 aliphatic carbocycles. The molecule has 0 saturated carbocycles. The van der Waals surface area contributed by atoms with Crippen LogP contribution >= 0.6 is 0 Å². The summed E-state index contributed by atoms with van der Waals surface area (Å²) in [5.41, 5.74) is 0.333. The minimum absolute atomic E-state index is 0.00689.